The molecule has 1 aliphatic rings. The minimum Gasteiger partial charge on any atom is -0.497 e. The molecule has 84 valence electrons. The van der Waals surface area contributed by atoms with Crippen LogP contribution in [0.25, 0.3) is 0 Å². The molecule has 5 heteroatoms. The SMILES string of the molecule is COc1ccc(F)c(OC2CNC2)c1.Cl. The van der Waals surface area contributed by atoms with Crippen molar-refractivity contribution >= 4 is 12.4 Å². The second-order valence-electron chi connectivity index (χ2n) is 3.19. The minimum atomic E-state index is -0.349. The van der Waals surface area contributed by atoms with Gasteiger partial charge in [0, 0.05) is 19.2 Å². The zero-order valence-corrected chi connectivity index (χ0v) is 9.14. The molecule has 1 saturated heterocycles. The molecule has 0 spiro atoms. The zero-order valence-electron chi connectivity index (χ0n) is 8.33. The van der Waals surface area contributed by atoms with Crippen LogP contribution < -0.4 is 14.8 Å². The van der Waals surface area contributed by atoms with Crippen molar-refractivity contribution in [3.63, 3.8) is 0 Å². The maximum Gasteiger partial charge on any atom is 0.165 e. The number of benzene rings is 1. The molecule has 1 aliphatic heterocycles. The average molecular weight is 234 g/mol. The van der Waals surface area contributed by atoms with E-state index in [1.165, 1.54) is 6.07 Å². The molecule has 15 heavy (non-hydrogen) atoms. The number of methoxy groups -OCH3 is 1. The Hall–Kier alpha value is -1.00. The van der Waals surface area contributed by atoms with Crippen molar-refractivity contribution < 1.29 is 13.9 Å². The monoisotopic (exact) mass is 233 g/mol. The maximum absolute atomic E-state index is 13.2. The fraction of sp³-hybridized carbons (Fsp3) is 0.400. The largest absolute Gasteiger partial charge is 0.497 e. The lowest BCUT2D eigenvalue weighted by Gasteiger charge is -2.28. The van der Waals surface area contributed by atoms with Crippen LogP contribution in [0.15, 0.2) is 18.2 Å². The van der Waals surface area contributed by atoms with E-state index < -0.39 is 0 Å². The highest BCUT2D eigenvalue weighted by molar-refractivity contribution is 5.85. The van der Waals surface area contributed by atoms with Crippen LogP contribution in [0.3, 0.4) is 0 Å². The van der Waals surface area contributed by atoms with E-state index in [0.717, 1.165) is 13.1 Å². The highest BCUT2D eigenvalue weighted by atomic mass is 35.5. The van der Waals surface area contributed by atoms with Crippen molar-refractivity contribution in [1.29, 1.82) is 0 Å². The highest BCUT2D eigenvalue weighted by Gasteiger charge is 2.20. The van der Waals surface area contributed by atoms with Gasteiger partial charge in [-0.3, -0.25) is 0 Å². The molecule has 0 saturated carbocycles. The van der Waals surface area contributed by atoms with Crippen LogP contribution in [0.4, 0.5) is 4.39 Å². The first-order valence-electron chi connectivity index (χ1n) is 4.50. The van der Waals surface area contributed by atoms with Crippen LogP contribution in [0.1, 0.15) is 0 Å². The number of nitrogens with one attached hydrogen (secondary N) is 1. The molecule has 0 unspecified atom stereocenters. The molecule has 0 radical (unpaired) electrons. The van der Waals surface area contributed by atoms with Crippen molar-refractivity contribution in [2.45, 2.75) is 6.10 Å². The van der Waals surface area contributed by atoms with Gasteiger partial charge in [0.25, 0.3) is 0 Å². The van der Waals surface area contributed by atoms with Gasteiger partial charge in [-0.15, -0.1) is 12.4 Å². The van der Waals surface area contributed by atoms with Crippen LogP contribution in [0.2, 0.25) is 0 Å². The Morgan fingerprint density at radius 2 is 2.13 bits per heavy atom. The van der Waals surface area contributed by atoms with Gasteiger partial charge in [-0.05, 0) is 12.1 Å². The molecule has 0 bridgehead atoms. The number of rotatable bonds is 3. The summed E-state index contributed by atoms with van der Waals surface area (Å²) in [5, 5.41) is 3.05. The summed E-state index contributed by atoms with van der Waals surface area (Å²) in [7, 11) is 1.54. The number of hydrogen-bond donors (Lipinski definition) is 1. The minimum absolute atomic E-state index is 0. The molecule has 0 aromatic heterocycles. The third-order valence-corrected chi connectivity index (χ3v) is 2.18. The summed E-state index contributed by atoms with van der Waals surface area (Å²) in [5.41, 5.74) is 0. The van der Waals surface area contributed by atoms with E-state index >= 15 is 0 Å². The van der Waals surface area contributed by atoms with Crippen molar-refractivity contribution in [2.75, 3.05) is 20.2 Å². The van der Waals surface area contributed by atoms with Gasteiger partial charge in [-0.2, -0.15) is 0 Å². The standard InChI is InChI=1S/C10H12FNO2.ClH/c1-13-7-2-3-9(11)10(4-7)14-8-5-12-6-8;/h2-4,8,12H,5-6H2,1H3;1H. The maximum atomic E-state index is 13.2. The lowest BCUT2D eigenvalue weighted by atomic mass is 10.2. The predicted octanol–water partition coefficient (Wildman–Crippen LogP) is 1.61. The summed E-state index contributed by atoms with van der Waals surface area (Å²) in [6, 6.07) is 4.48. The molecule has 0 atom stereocenters. The molecule has 2 rings (SSSR count). The summed E-state index contributed by atoms with van der Waals surface area (Å²) in [5.74, 6) is 0.516. The Labute approximate surface area is 94.0 Å². The van der Waals surface area contributed by atoms with E-state index in [2.05, 4.69) is 5.32 Å². The fourth-order valence-corrected chi connectivity index (χ4v) is 1.23. The van der Waals surface area contributed by atoms with E-state index in [9.17, 15) is 4.39 Å². The third kappa shape index (κ3) is 2.73. The predicted molar refractivity (Wildman–Crippen MR) is 57.5 cm³/mol. The van der Waals surface area contributed by atoms with Gasteiger partial charge in [-0.1, -0.05) is 0 Å². The Morgan fingerprint density at radius 1 is 1.40 bits per heavy atom. The van der Waals surface area contributed by atoms with E-state index in [4.69, 9.17) is 9.47 Å². The normalized spacial score (nSPS) is 15.1. The van der Waals surface area contributed by atoms with Gasteiger partial charge in [0.05, 0.1) is 7.11 Å². The Balaban J connectivity index is 0.00000112. The first-order chi connectivity index (χ1) is 6.79. The summed E-state index contributed by atoms with van der Waals surface area (Å²) in [4.78, 5) is 0. The molecule has 1 aromatic rings. The molecule has 1 fully saturated rings. The van der Waals surface area contributed by atoms with Crippen molar-refractivity contribution in [3.05, 3.63) is 24.0 Å². The molecule has 0 aliphatic carbocycles. The van der Waals surface area contributed by atoms with Crippen LogP contribution in [-0.2, 0) is 0 Å². The Bertz CT molecular complexity index is 331. The smallest absolute Gasteiger partial charge is 0.165 e. The molecule has 1 N–H and O–H groups in total. The quantitative estimate of drug-likeness (QED) is 0.861. The van der Waals surface area contributed by atoms with Gasteiger partial charge in [-0.25, -0.2) is 4.39 Å². The summed E-state index contributed by atoms with van der Waals surface area (Å²) < 4.78 is 23.6. The Kier molecular flexibility index (Phi) is 4.17. The van der Waals surface area contributed by atoms with Crippen molar-refractivity contribution in [1.82, 2.24) is 5.32 Å². The van der Waals surface area contributed by atoms with E-state index in [1.807, 2.05) is 0 Å². The second-order valence-corrected chi connectivity index (χ2v) is 3.19. The van der Waals surface area contributed by atoms with Gasteiger partial charge in [0.1, 0.15) is 11.9 Å². The van der Waals surface area contributed by atoms with Gasteiger partial charge >= 0.3 is 0 Å². The average Bonchev–Trinajstić information content (AvgIpc) is 2.14. The lowest BCUT2D eigenvalue weighted by molar-refractivity contribution is 0.136. The summed E-state index contributed by atoms with van der Waals surface area (Å²) in [6.07, 6.45) is 0.0802. The number of ether oxygens (including phenoxy) is 2. The molecule has 1 heterocycles. The fourth-order valence-electron chi connectivity index (χ4n) is 1.23. The van der Waals surface area contributed by atoms with Gasteiger partial charge < -0.3 is 14.8 Å². The molecule has 1 aromatic carbocycles. The third-order valence-electron chi connectivity index (χ3n) is 2.18. The van der Waals surface area contributed by atoms with Gasteiger partial charge in [0.2, 0.25) is 0 Å². The van der Waals surface area contributed by atoms with Crippen LogP contribution in [0.5, 0.6) is 11.5 Å². The summed E-state index contributed by atoms with van der Waals surface area (Å²) >= 11 is 0. The highest BCUT2D eigenvalue weighted by Crippen LogP contribution is 2.24. The van der Waals surface area contributed by atoms with Crippen LogP contribution >= 0.6 is 12.4 Å². The molecule has 0 amide bonds. The Morgan fingerprint density at radius 3 is 2.67 bits per heavy atom. The molecular formula is C10H13ClFNO2. The summed E-state index contributed by atoms with van der Waals surface area (Å²) in [6.45, 7) is 1.55. The van der Waals surface area contributed by atoms with E-state index in [-0.39, 0.29) is 30.1 Å². The van der Waals surface area contributed by atoms with Crippen LogP contribution in [-0.4, -0.2) is 26.3 Å². The molecular weight excluding hydrogens is 221 g/mol. The van der Waals surface area contributed by atoms with E-state index in [1.54, 1.807) is 19.2 Å². The lowest BCUT2D eigenvalue weighted by Crippen LogP contribution is -2.50. The first-order valence-corrected chi connectivity index (χ1v) is 4.50. The van der Waals surface area contributed by atoms with Gasteiger partial charge in [0.15, 0.2) is 11.6 Å². The van der Waals surface area contributed by atoms with Crippen molar-refractivity contribution in [2.24, 2.45) is 0 Å². The van der Waals surface area contributed by atoms with Crippen LogP contribution in [0, 0.1) is 5.82 Å². The zero-order chi connectivity index (χ0) is 9.97. The topological polar surface area (TPSA) is 30.5 Å². The van der Waals surface area contributed by atoms with Crippen molar-refractivity contribution in [3.8, 4) is 11.5 Å². The second kappa shape index (κ2) is 5.19. The van der Waals surface area contributed by atoms with E-state index in [0.29, 0.717) is 5.75 Å². The first kappa shape index (κ1) is 12.1. The number of hydrogen-bond acceptors (Lipinski definition) is 3. The number of halogens is 2. The molecule has 3 nitrogen and oxygen atoms in total.